The van der Waals surface area contributed by atoms with Crippen LogP contribution < -0.4 is 0 Å². The van der Waals surface area contributed by atoms with Gasteiger partial charge in [0.2, 0.25) is 0 Å². The number of rotatable bonds is 4. The van der Waals surface area contributed by atoms with Crippen LogP contribution in [0, 0.1) is 5.41 Å². The lowest BCUT2D eigenvalue weighted by Crippen LogP contribution is -2.46. The van der Waals surface area contributed by atoms with Crippen molar-refractivity contribution in [2.24, 2.45) is 5.41 Å². The summed E-state index contributed by atoms with van der Waals surface area (Å²) < 4.78 is 0. The lowest BCUT2D eigenvalue weighted by molar-refractivity contribution is -0.152. The largest absolute Gasteiger partial charge is 0.506 e. The Kier molecular flexibility index (Phi) is 4.45. The van der Waals surface area contributed by atoms with E-state index in [4.69, 9.17) is 0 Å². The molecule has 1 aromatic heterocycles. The van der Waals surface area contributed by atoms with Gasteiger partial charge in [-0.05, 0) is 25.3 Å². The lowest BCUT2D eigenvalue weighted by Gasteiger charge is -2.38. The van der Waals surface area contributed by atoms with Crippen molar-refractivity contribution in [1.82, 2.24) is 9.88 Å². The minimum atomic E-state index is -0.768. The molecule has 1 saturated heterocycles. The second-order valence-corrected chi connectivity index (χ2v) is 5.56. The van der Waals surface area contributed by atoms with Gasteiger partial charge >= 0.3 is 5.97 Å². The van der Waals surface area contributed by atoms with Gasteiger partial charge in [-0.15, -0.1) is 0 Å². The number of pyridine rings is 1. The Balaban J connectivity index is 2.06. The molecule has 1 aromatic rings. The van der Waals surface area contributed by atoms with Crippen LogP contribution in [0.25, 0.3) is 0 Å². The molecule has 6 nitrogen and oxygen atoms in total. The molecule has 2 N–H and O–H groups in total. The topological polar surface area (TPSA) is 90.7 Å². The summed E-state index contributed by atoms with van der Waals surface area (Å²) in [6.07, 6.45) is 5.06. The normalized spacial score (nSPS) is 17.5. The van der Waals surface area contributed by atoms with E-state index in [1.54, 1.807) is 4.90 Å². The quantitative estimate of drug-likeness (QED) is 0.884. The third-order valence-electron chi connectivity index (χ3n) is 4.16. The number of carbonyl (C=O) groups is 2. The highest BCUT2D eigenvalue weighted by Gasteiger charge is 2.41. The Morgan fingerprint density at radius 2 is 2.00 bits per heavy atom. The van der Waals surface area contributed by atoms with Gasteiger partial charge in [-0.3, -0.25) is 14.6 Å². The first-order chi connectivity index (χ1) is 9.98. The van der Waals surface area contributed by atoms with Crippen LogP contribution in [0.5, 0.6) is 5.75 Å². The summed E-state index contributed by atoms with van der Waals surface area (Å²) in [4.78, 5) is 29.3. The Hall–Kier alpha value is -2.11. The molecule has 1 fully saturated rings. The number of piperidine rings is 1. The van der Waals surface area contributed by atoms with E-state index < -0.39 is 11.4 Å². The fourth-order valence-corrected chi connectivity index (χ4v) is 2.91. The first kappa shape index (κ1) is 15.3. The van der Waals surface area contributed by atoms with Crippen LogP contribution in [0.2, 0.25) is 0 Å². The third kappa shape index (κ3) is 3.15. The summed E-state index contributed by atoms with van der Waals surface area (Å²) in [5.74, 6) is -1.03. The molecule has 21 heavy (non-hydrogen) atoms. The van der Waals surface area contributed by atoms with E-state index in [1.165, 1.54) is 18.5 Å². The van der Waals surface area contributed by atoms with Crippen LogP contribution in [0.3, 0.4) is 0 Å². The molecule has 114 valence electrons. The van der Waals surface area contributed by atoms with Crippen molar-refractivity contribution in [1.29, 1.82) is 0 Å². The number of aromatic hydroxyl groups is 1. The predicted molar refractivity (Wildman–Crippen MR) is 76.0 cm³/mol. The van der Waals surface area contributed by atoms with E-state index in [0.717, 1.165) is 6.42 Å². The number of hydrogen-bond donors (Lipinski definition) is 2. The second kappa shape index (κ2) is 6.11. The summed E-state index contributed by atoms with van der Waals surface area (Å²) in [5.41, 5.74) is -0.379. The molecule has 0 bridgehead atoms. The van der Waals surface area contributed by atoms with E-state index in [0.29, 0.717) is 37.9 Å². The molecule has 0 aliphatic carbocycles. The molecule has 1 aliphatic rings. The molecule has 0 radical (unpaired) electrons. The van der Waals surface area contributed by atoms with E-state index in [1.807, 2.05) is 6.92 Å². The number of nitrogens with zero attached hydrogens (tertiary/aromatic N) is 2. The van der Waals surface area contributed by atoms with Crippen LogP contribution in [0.15, 0.2) is 18.5 Å². The number of carboxylic acids is 1. The van der Waals surface area contributed by atoms with E-state index in [-0.39, 0.29) is 11.7 Å². The van der Waals surface area contributed by atoms with Gasteiger partial charge in [0.1, 0.15) is 5.75 Å². The Labute approximate surface area is 123 Å². The highest BCUT2D eigenvalue weighted by molar-refractivity contribution is 5.94. The van der Waals surface area contributed by atoms with Crippen LogP contribution in [-0.4, -0.2) is 45.1 Å². The first-order valence-corrected chi connectivity index (χ1v) is 7.15. The minimum Gasteiger partial charge on any atom is -0.506 e. The molecule has 0 atom stereocenters. The van der Waals surface area contributed by atoms with E-state index in [2.05, 4.69) is 4.98 Å². The lowest BCUT2D eigenvalue weighted by atomic mass is 9.75. The fourth-order valence-electron chi connectivity index (χ4n) is 2.91. The number of amides is 1. The molecular formula is C15H20N2O4. The molecule has 0 saturated carbocycles. The monoisotopic (exact) mass is 292 g/mol. The fraction of sp³-hybridized carbons (Fsp3) is 0.533. The highest BCUT2D eigenvalue weighted by atomic mass is 16.4. The van der Waals surface area contributed by atoms with Crippen molar-refractivity contribution < 1.29 is 19.8 Å². The molecule has 0 aromatic carbocycles. The van der Waals surface area contributed by atoms with E-state index in [9.17, 15) is 19.8 Å². The molecule has 2 rings (SSSR count). The maximum absolute atomic E-state index is 12.3. The maximum atomic E-state index is 12.3. The number of aromatic nitrogens is 1. The van der Waals surface area contributed by atoms with Crippen molar-refractivity contribution in [3.8, 4) is 5.75 Å². The van der Waals surface area contributed by atoms with Crippen LogP contribution in [0.4, 0.5) is 0 Å². The summed E-state index contributed by atoms with van der Waals surface area (Å²) >= 11 is 0. The minimum absolute atomic E-state index is 0.0521. The highest BCUT2D eigenvalue weighted by Crippen LogP contribution is 2.36. The van der Waals surface area contributed by atoms with Crippen molar-refractivity contribution in [3.63, 3.8) is 0 Å². The van der Waals surface area contributed by atoms with Gasteiger partial charge in [-0.2, -0.15) is 0 Å². The van der Waals surface area contributed by atoms with Gasteiger partial charge in [0.25, 0.3) is 5.91 Å². The average molecular weight is 292 g/mol. The van der Waals surface area contributed by atoms with Crippen molar-refractivity contribution >= 4 is 11.9 Å². The standard InChI is InChI=1S/C15H20N2O4/c1-2-3-15(14(20)21)4-6-17(7-5-15)13(19)11-8-12(18)10-16-9-11/h8-10,18H,2-7H2,1H3,(H,20,21). The number of likely N-dealkylation sites (tertiary alicyclic amines) is 1. The number of aliphatic carboxylic acids is 1. The zero-order valence-corrected chi connectivity index (χ0v) is 12.1. The van der Waals surface area contributed by atoms with Gasteiger partial charge in [-0.25, -0.2) is 0 Å². The van der Waals surface area contributed by atoms with Crippen molar-refractivity contribution in [3.05, 3.63) is 24.0 Å². The average Bonchev–Trinajstić information content (AvgIpc) is 2.47. The number of carboxylic acid groups (broad SMARTS) is 1. The Morgan fingerprint density at radius 3 is 2.52 bits per heavy atom. The molecule has 2 heterocycles. The second-order valence-electron chi connectivity index (χ2n) is 5.56. The maximum Gasteiger partial charge on any atom is 0.309 e. The van der Waals surface area contributed by atoms with Gasteiger partial charge in [-0.1, -0.05) is 13.3 Å². The summed E-state index contributed by atoms with van der Waals surface area (Å²) in [6, 6.07) is 1.38. The van der Waals surface area contributed by atoms with Gasteiger partial charge in [0.15, 0.2) is 0 Å². The zero-order chi connectivity index (χ0) is 15.5. The van der Waals surface area contributed by atoms with Gasteiger partial charge in [0, 0.05) is 19.3 Å². The van der Waals surface area contributed by atoms with Crippen LogP contribution in [-0.2, 0) is 4.79 Å². The van der Waals surface area contributed by atoms with Crippen LogP contribution in [0.1, 0.15) is 43.0 Å². The predicted octanol–water partition coefficient (Wildman–Crippen LogP) is 1.89. The number of carbonyl (C=O) groups excluding carboxylic acids is 1. The molecule has 6 heteroatoms. The van der Waals surface area contributed by atoms with Crippen molar-refractivity contribution in [2.45, 2.75) is 32.6 Å². The first-order valence-electron chi connectivity index (χ1n) is 7.15. The molecule has 1 aliphatic heterocycles. The summed E-state index contributed by atoms with van der Waals surface area (Å²) in [5, 5.41) is 18.8. The zero-order valence-electron chi connectivity index (χ0n) is 12.1. The summed E-state index contributed by atoms with van der Waals surface area (Å²) in [7, 11) is 0. The molecule has 0 spiro atoms. The molecular weight excluding hydrogens is 272 g/mol. The molecule has 0 unspecified atom stereocenters. The smallest absolute Gasteiger partial charge is 0.309 e. The number of hydrogen-bond acceptors (Lipinski definition) is 4. The SMILES string of the molecule is CCCC1(C(=O)O)CCN(C(=O)c2cncc(O)c2)CC1. The third-order valence-corrected chi connectivity index (χ3v) is 4.16. The summed E-state index contributed by atoms with van der Waals surface area (Å²) in [6.45, 7) is 2.81. The Morgan fingerprint density at radius 1 is 1.33 bits per heavy atom. The Bertz CT molecular complexity index is 536. The molecule has 1 amide bonds. The van der Waals surface area contributed by atoms with Crippen LogP contribution >= 0.6 is 0 Å². The van der Waals surface area contributed by atoms with Gasteiger partial charge < -0.3 is 15.1 Å². The van der Waals surface area contributed by atoms with E-state index >= 15 is 0 Å². The van der Waals surface area contributed by atoms with Gasteiger partial charge in [0.05, 0.1) is 17.2 Å². The van der Waals surface area contributed by atoms with Crippen molar-refractivity contribution in [2.75, 3.05) is 13.1 Å².